The topological polar surface area (TPSA) is 49.5 Å². The number of phenols is 1. The predicted octanol–water partition coefficient (Wildman–Crippen LogP) is 4.07. The lowest BCUT2D eigenvalue weighted by Gasteiger charge is -2.26. The second kappa shape index (κ2) is 6.18. The molecule has 0 fully saturated rings. The summed E-state index contributed by atoms with van der Waals surface area (Å²) in [6.07, 6.45) is 0. The van der Waals surface area contributed by atoms with Crippen molar-refractivity contribution in [3.63, 3.8) is 0 Å². The van der Waals surface area contributed by atoms with Crippen molar-refractivity contribution < 1.29 is 5.11 Å². The number of rotatable bonds is 4. The van der Waals surface area contributed by atoms with Crippen molar-refractivity contribution in [2.24, 2.45) is 0 Å². The fourth-order valence-corrected chi connectivity index (χ4v) is 2.62. The van der Waals surface area contributed by atoms with E-state index in [1.54, 1.807) is 12.1 Å². The zero-order valence-electron chi connectivity index (χ0n) is 11.7. The Morgan fingerprint density at radius 1 is 1.25 bits per heavy atom. The molecule has 0 aromatic heterocycles. The highest BCUT2D eigenvalue weighted by Crippen LogP contribution is 2.29. The van der Waals surface area contributed by atoms with Gasteiger partial charge in [0.1, 0.15) is 5.75 Å². The minimum absolute atomic E-state index is 0.288. The van der Waals surface area contributed by atoms with Crippen LogP contribution in [0.15, 0.2) is 40.9 Å². The van der Waals surface area contributed by atoms with E-state index >= 15 is 0 Å². The standard InChI is InChI=1S/C16H19BrN2O/c1-3-19(15-9-13(20)8-7-11(15)2)10-12-5-4-6-14(18)16(12)17/h4-9,20H,3,10,18H2,1-2H3. The molecule has 0 saturated carbocycles. The number of hydrogen-bond donors (Lipinski definition) is 2. The smallest absolute Gasteiger partial charge is 0.117 e. The average Bonchev–Trinajstić information content (AvgIpc) is 2.43. The van der Waals surface area contributed by atoms with Gasteiger partial charge in [0.2, 0.25) is 0 Å². The van der Waals surface area contributed by atoms with Gasteiger partial charge in [-0.25, -0.2) is 0 Å². The van der Waals surface area contributed by atoms with Crippen LogP contribution in [0.5, 0.6) is 5.75 Å². The van der Waals surface area contributed by atoms with Gasteiger partial charge in [-0.2, -0.15) is 0 Å². The van der Waals surface area contributed by atoms with Crippen LogP contribution in [-0.4, -0.2) is 11.7 Å². The lowest BCUT2D eigenvalue weighted by atomic mass is 10.1. The van der Waals surface area contributed by atoms with Crippen molar-refractivity contribution in [2.75, 3.05) is 17.2 Å². The number of nitrogens with zero attached hydrogens (tertiary/aromatic N) is 1. The summed E-state index contributed by atoms with van der Waals surface area (Å²) in [5, 5.41) is 9.69. The largest absolute Gasteiger partial charge is 0.508 e. The molecule has 0 aliphatic carbocycles. The van der Waals surface area contributed by atoms with Gasteiger partial charge in [0.05, 0.1) is 0 Å². The first kappa shape index (κ1) is 14.7. The van der Waals surface area contributed by atoms with Gasteiger partial charge in [-0.05, 0) is 53.0 Å². The number of phenolic OH excluding ortho intramolecular Hbond substituents is 1. The maximum atomic E-state index is 9.69. The summed E-state index contributed by atoms with van der Waals surface area (Å²) in [5.41, 5.74) is 9.99. The highest BCUT2D eigenvalue weighted by Gasteiger charge is 2.12. The maximum absolute atomic E-state index is 9.69. The number of nitrogens with two attached hydrogens (primary N) is 1. The zero-order valence-corrected chi connectivity index (χ0v) is 13.3. The van der Waals surface area contributed by atoms with Crippen LogP contribution in [0.25, 0.3) is 0 Å². The van der Waals surface area contributed by atoms with Crippen LogP contribution in [0.1, 0.15) is 18.1 Å². The molecule has 0 unspecified atom stereocenters. The second-order valence-corrected chi connectivity index (χ2v) is 5.60. The van der Waals surface area contributed by atoms with Crippen LogP contribution in [0, 0.1) is 6.92 Å². The van der Waals surface area contributed by atoms with Crippen LogP contribution < -0.4 is 10.6 Å². The highest BCUT2D eigenvalue weighted by molar-refractivity contribution is 9.10. The normalized spacial score (nSPS) is 10.6. The van der Waals surface area contributed by atoms with Crippen LogP contribution >= 0.6 is 15.9 Å². The number of benzene rings is 2. The van der Waals surface area contributed by atoms with E-state index < -0.39 is 0 Å². The Labute approximate surface area is 128 Å². The lowest BCUT2D eigenvalue weighted by Crippen LogP contribution is -2.23. The number of aromatic hydroxyl groups is 1. The van der Waals surface area contributed by atoms with E-state index in [-0.39, 0.29) is 5.75 Å². The first-order valence-electron chi connectivity index (χ1n) is 6.60. The Kier molecular flexibility index (Phi) is 4.55. The van der Waals surface area contributed by atoms with Gasteiger partial charge in [-0.15, -0.1) is 0 Å². The molecule has 3 nitrogen and oxygen atoms in total. The summed E-state index contributed by atoms with van der Waals surface area (Å²) < 4.78 is 0.941. The fraction of sp³-hybridized carbons (Fsp3) is 0.250. The molecule has 0 spiro atoms. The quantitative estimate of drug-likeness (QED) is 0.828. The van der Waals surface area contributed by atoms with Crippen molar-refractivity contribution in [2.45, 2.75) is 20.4 Å². The van der Waals surface area contributed by atoms with Crippen molar-refractivity contribution in [3.05, 3.63) is 52.0 Å². The molecule has 0 atom stereocenters. The van der Waals surface area contributed by atoms with E-state index in [4.69, 9.17) is 5.73 Å². The number of nitrogen functional groups attached to an aromatic ring is 1. The number of hydrogen-bond acceptors (Lipinski definition) is 3. The molecule has 0 bridgehead atoms. The molecule has 2 aromatic carbocycles. The lowest BCUT2D eigenvalue weighted by molar-refractivity contribution is 0.475. The van der Waals surface area contributed by atoms with Gasteiger partial charge >= 0.3 is 0 Å². The molecule has 0 saturated heterocycles. The predicted molar refractivity (Wildman–Crippen MR) is 88.1 cm³/mol. The third-order valence-corrected chi connectivity index (χ3v) is 4.35. The number of anilines is 2. The Hall–Kier alpha value is -1.68. The van der Waals surface area contributed by atoms with Crippen molar-refractivity contribution >= 4 is 27.3 Å². The van der Waals surface area contributed by atoms with Gasteiger partial charge in [-0.1, -0.05) is 18.2 Å². The van der Waals surface area contributed by atoms with Gasteiger partial charge < -0.3 is 15.7 Å². The number of aryl methyl sites for hydroxylation is 1. The highest BCUT2D eigenvalue weighted by atomic mass is 79.9. The molecule has 0 aliphatic rings. The van der Waals surface area contributed by atoms with Gasteiger partial charge in [0, 0.05) is 35.0 Å². The minimum Gasteiger partial charge on any atom is -0.508 e. The number of halogens is 1. The molecule has 2 aromatic rings. The van der Waals surface area contributed by atoms with E-state index in [0.29, 0.717) is 0 Å². The molecule has 106 valence electrons. The van der Waals surface area contributed by atoms with E-state index in [1.165, 1.54) is 0 Å². The summed E-state index contributed by atoms with van der Waals surface area (Å²) >= 11 is 3.54. The summed E-state index contributed by atoms with van der Waals surface area (Å²) in [6.45, 7) is 5.74. The van der Waals surface area contributed by atoms with Crippen LogP contribution in [0.4, 0.5) is 11.4 Å². The molecular weight excluding hydrogens is 316 g/mol. The summed E-state index contributed by atoms with van der Waals surface area (Å²) in [5.74, 6) is 0.288. The fourth-order valence-electron chi connectivity index (χ4n) is 2.23. The van der Waals surface area contributed by atoms with Crippen LogP contribution in [0.2, 0.25) is 0 Å². The molecule has 4 heteroatoms. The van der Waals surface area contributed by atoms with Gasteiger partial charge in [0.25, 0.3) is 0 Å². The molecular formula is C16H19BrN2O. The minimum atomic E-state index is 0.288. The summed E-state index contributed by atoms with van der Waals surface area (Å²) in [7, 11) is 0. The van der Waals surface area contributed by atoms with Gasteiger partial charge in [-0.3, -0.25) is 0 Å². The summed E-state index contributed by atoms with van der Waals surface area (Å²) in [4.78, 5) is 2.22. The maximum Gasteiger partial charge on any atom is 0.117 e. The Balaban J connectivity index is 2.34. The SMILES string of the molecule is CCN(Cc1cccc(N)c1Br)c1cc(O)ccc1C. The first-order chi connectivity index (χ1) is 9.52. The van der Waals surface area contributed by atoms with Crippen molar-refractivity contribution in [1.29, 1.82) is 0 Å². The molecule has 2 rings (SSSR count). The van der Waals surface area contributed by atoms with Crippen molar-refractivity contribution in [1.82, 2.24) is 0 Å². The Bertz CT molecular complexity index is 613. The van der Waals surface area contributed by atoms with Crippen molar-refractivity contribution in [3.8, 4) is 5.75 Å². The summed E-state index contributed by atoms with van der Waals surface area (Å²) in [6, 6.07) is 11.3. The molecule has 0 heterocycles. The van der Waals surface area contributed by atoms with E-state index in [0.717, 1.165) is 40.1 Å². The molecule has 0 aliphatic heterocycles. The molecule has 20 heavy (non-hydrogen) atoms. The Morgan fingerprint density at radius 3 is 2.70 bits per heavy atom. The zero-order chi connectivity index (χ0) is 14.7. The second-order valence-electron chi connectivity index (χ2n) is 4.81. The first-order valence-corrected chi connectivity index (χ1v) is 7.39. The monoisotopic (exact) mass is 334 g/mol. The molecule has 0 radical (unpaired) electrons. The Morgan fingerprint density at radius 2 is 2.00 bits per heavy atom. The average molecular weight is 335 g/mol. The van der Waals surface area contributed by atoms with Crippen LogP contribution in [0.3, 0.4) is 0 Å². The van der Waals surface area contributed by atoms with Gasteiger partial charge in [0.15, 0.2) is 0 Å². The van der Waals surface area contributed by atoms with E-state index in [2.05, 4.69) is 33.8 Å². The third-order valence-electron chi connectivity index (χ3n) is 3.38. The van der Waals surface area contributed by atoms with E-state index in [9.17, 15) is 5.11 Å². The molecule has 0 amide bonds. The molecule has 3 N–H and O–H groups in total. The third kappa shape index (κ3) is 3.07. The van der Waals surface area contributed by atoms with Crippen LogP contribution in [-0.2, 0) is 6.54 Å². The van der Waals surface area contributed by atoms with E-state index in [1.807, 2.05) is 25.1 Å².